The van der Waals surface area contributed by atoms with Crippen LogP contribution in [-0.4, -0.2) is 26.4 Å². The Morgan fingerprint density at radius 2 is 2.36 bits per heavy atom. The molecule has 0 aliphatic rings. The molecule has 0 radical (unpaired) electrons. The second-order valence-electron chi connectivity index (χ2n) is 2.61. The number of ether oxygens (including phenoxy) is 1. The summed E-state index contributed by atoms with van der Waals surface area (Å²) in [6, 6.07) is 5.52. The van der Waals surface area contributed by atoms with Crippen molar-refractivity contribution in [2.75, 3.05) is 6.61 Å². The molecule has 2 aromatic rings. The Hall–Kier alpha value is -1.91. The number of pyridine rings is 1. The van der Waals surface area contributed by atoms with E-state index in [1.165, 1.54) is 6.33 Å². The Morgan fingerprint density at radius 1 is 1.43 bits per heavy atom. The van der Waals surface area contributed by atoms with Crippen LogP contribution in [0.2, 0.25) is 0 Å². The number of aromatic nitrogens is 4. The Labute approximate surface area is 81.4 Å². The molecule has 0 N–H and O–H groups in total. The molecule has 14 heavy (non-hydrogen) atoms. The second-order valence-corrected chi connectivity index (χ2v) is 2.61. The minimum Gasteiger partial charge on any atom is -0.478 e. The van der Waals surface area contributed by atoms with E-state index in [9.17, 15) is 0 Å². The summed E-state index contributed by atoms with van der Waals surface area (Å²) in [5.41, 5.74) is 0. The fraction of sp³-hybridized carbons (Fsp3) is 0.222. The van der Waals surface area contributed by atoms with Crippen LogP contribution in [0.3, 0.4) is 0 Å². The van der Waals surface area contributed by atoms with Crippen LogP contribution in [0, 0.1) is 0 Å². The molecule has 2 heterocycles. The molecule has 5 nitrogen and oxygen atoms in total. The van der Waals surface area contributed by atoms with Crippen LogP contribution < -0.4 is 4.74 Å². The molecule has 0 amide bonds. The molecule has 0 fully saturated rings. The van der Waals surface area contributed by atoms with Crippen LogP contribution in [0.25, 0.3) is 5.82 Å². The van der Waals surface area contributed by atoms with E-state index in [0.717, 1.165) is 0 Å². The molecule has 2 aromatic heterocycles. The van der Waals surface area contributed by atoms with Gasteiger partial charge in [0.2, 0.25) is 5.88 Å². The van der Waals surface area contributed by atoms with Crippen LogP contribution >= 0.6 is 0 Å². The number of hydrogen-bond donors (Lipinski definition) is 0. The largest absolute Gasteiger partial charge is 0.478 e. The van der Waals surface area contributed by atoms with Crippen molar-refractivity contribution in [1.29, 1.82) is 0 Å². The zero-order valence-electron chi connectivity index (χ0n) is 7.79. The van der Waals surface area contributed by atoms with E-state index in [-0.39, 0.29) is 0 Å². The van der Waals surface area contributed by atoms with E-state index in [1.807, 2.05) is 25.1 Å². The van der Waals surface area contributed by atoms with E-state index in [1.54, 1.807) is 11.0 Å². The van der Waals surface area contributed by atoms with Crippen LogP contribution in [0.15, 0.2) is 30.9 Å². The lowest BCUT2D eigenvalue weighted by atomic mass is 10.4. The number of hydrogen-bond acceptors (Lipinski definition) is 4. The van der Waals surface area contributed by atoms with Crippen LogP contribution in [0.4, 0.5) is 0 Å². The summed E-state index contributed by atoms with van der Waals surface area (Å²) in [5, 5.41) is 3.98. The summed E-state index contributed by atoms with van der Waals surface area (Å²) in [7, 11) is 0. The number of nitrogens with zero attached hydrogens (tertiary/aromatic N) is 4. The third kappa shape index (κ3) is 1.71. The quantitative estimate of drug-likeness (QED) is 0.726. The Balaban J connectivity index is 2.31. The van der Waals surface area contributed by atoms with Gasteiger partial charge < -0.3 is 4.74 Å². The maximum Gasteiger partial charge on any atom is 0.215 e. The molecule has 72 valence electrons. The van der Waals surface area contributed by atoms with Gasteiger partial charge in [0.05, 0.1) is 6.61 Å². The normalized spacial score (nSPS) is 10.1. The van der Waals surface area contributed by atoms with Gasteiger partial charge in [0, 0.05) is 6.07 Å². The first-order chi connectivity index (χ1) is 6.90. The highest BCUT2D eigenvalue weighted by molar-refractivity contribution is 5.25. The van der Waals surface area contributed by atoms with Crippen molar-refractivity contribution in [2.24, 2.45) is 0 Å². The molecule has 0 atom stereocenters. The first-order valence-electron chi connectivity index (χ1n) is 4.35. The smallest absolute Gasteiger partial charge is 0.215 e. The van der Waals surface area contributed by atoms with Crippen molar-refractivity contribution in [3.63, 3.8) is 0 Å². The summed E-state index contributed by atoms with van der Waals surface area (Å²) in [6.45, 7) is 2.53. The summed E-state index contributed by atoms with van der Waals surface area (Å²) in [6.07, 6.45) is 3.06. The highest BCUT2D eigenvalue weighted by Gasteiger charge is 1.99. The van der Waals surface area contributed by atoms with E-state index >= 15 is 0 Å². The topological polar surface area (TPSA) is 52.8 Å². The predicted molar refractivity (Wildman–Crippen MR) is 50.3 cm³/mol. The van der Waals surface area contributed by atoms with Gasteiger partial charge >= 0.3 is 0 Å². The van der Waals surface area contributed by atoms with Crippen molar-refractivity contribution in [3.05, 3.63) is 30.9 Å². The predicted octanol–water partition coefficient (Wildman–Crippen LogP) is 1.06. The molecule has 2 rings (SSSR count). The highest BCUT2D eigenvalue weighted by Crippen LogP contribution is 2.09. The molecular weight excluding hydrogens is 180 g/mol. The molecule has 0 aromatic carbocycles. The maximum absolute atomic E-state index is 5.27. The molecule has 0 aliphatic carbocycles. The summed E-state index contributed by atoms with van der Waals surface area (Å²) in [5.74, 6) is 1.30. The van der Waals surface area contributed by atoms with Gasteiger partial charge in [0.15, 0.2) is 5.82 Å². The monoisotopic (exact) mass is 190 g/mol. The molecule has 0 spiro atoms. The van der Waals surface area contributed by atoms with Gasteiger partial charge in [0.1, 0.15) is 12.7 Å². The Kier molecular flexibility index (Phi) is 2.40. The van der Waals surface area contributed by atoms with Gasteiger partial charge in [-0.05, 0) is 13.0 Å². The first-order valence-corrected chi connectivity index (χ1v) is 4.35. The van der Waals surface area contributed by atoms with Gasteiger partial charge in [-0.3, -0.25) is 0 Å². The zero-order chi connectivity index (χ0) is 9.80. The van der Waals surface area contributed by atoms with Gasteiger partial charge in [-0.25, -0.2) is 9.67 Å². The summed E-state index contributed by atoms with van der Waals surface area (Å²) in [4.78, 5) is 8.09. The van der Waals surface area contributed by atoms with Crippen LogP contribution in [0.1, 0.15) is 6.92 Å². The number of rotatable bonds is 3. The molecule has 0 unspecified atom stereocenters. The van der Waals surface area contributed by atoms with Crippen molar-refractivity contribution < 1.29 is 4.74 Å². The summed E-state index contributed by atoms with van der Waals surface area (Å²) < 4.78 is 6.86. The Bertz CT molecular complexity index is 399. The van der Waals surface area contributed by atoms with Crippen molar-refractivity contribution in [1.82, 2.24) is 19.7 Å². The van der Waals surface area contributed by atoms with Crippen LogP contribution in [0.5, 0.6) is 5.88 Å². The van der Waals surface area contributed by atoms with E-state index < -0.39 is 0 Å². The fourth-order valence-electron chi connectivity index (χ4n) is 1.09. The average molecular weight is 190 g/mol. The van der Waals surface area contributed by atoms with Crippen molar-refractivity contribution >= 4 is 0 Å². The standard InChI is InChI=1S/C9H10N4O/c1-2-14-9-5-3-4-8(12-9)13-7-10-6-11-13/h3-7H,2H2,1H3. The zero-order valence-corrected chi connectivity index (χ0v) is 7.79. The second kappa shape index (κ2) is 3.87. The lowest BCUT2D eigenvalue weighted by molar-refractivity contribution is 0.326. The highest BCUT2D eigenvalue weighted by atomic mass is 16.5. The third-order valence-corrected chi connectivity index (χ3v) is 1.65. The lowest BCUT2D eigenvalue weighted by Crippen LogP contribution is -2.00. The van der Waals surface area contributed by atoms with Crippen LogP contribution in [-0.2, 0) is 0 Å². The fourth-order valence-corrected chi connectivity index (χ4v) is 1.09. The average Bonchev–Trinajstić information content (AvgIpc) is 2.71. The molecular formula is C9H10N4O. The van der Waals surface area contributed by atoms with Gasteiger partial charge in [-0.1, -0.05) is 6.07 Å². The molecule has 0 saturated heterocycles. The summed E-state index contributed by atoms with van der Waals surface area (Å²) >= 11 is 0. The Morgan fingerprint density at radius 3 is 3.07 bits per heavy atom. The molecule has 5 heteroatoms. The van der Waals surface area contributed by atoms with Gasteiger partial charge in [-0.2, -0.15) is 10.1 Å². The SMILES string of the molecule is CCOc1cccc(-n2cncn2)n1. The van der Waals surface area contributed by atoms with Crippen molar-refractivity contribution in [3.8, 4) is 11.7 Å². The van der Waals surface area contributed by atoms with Gasteiger partial charge in [-0.15, -0.1) is 0 Å². The lowest BCUT2D eigenvalue weighted by Gasteiger charge is -2.03. The van der Waals surface area contributed by atoms with Gasteiger partial charge in [0.25, 0.3) is 0 Å². The van der Waals surface area contributed by atoms with E-state index in [4.69, 9.17) is 4.74 Å². The van der Waals surface area contributed by atoms with Crippen molar-refractivity contribution in [2.45, 2.75) is 6.92 Å². The molecule has 0 aliphatic heterocycles. The molecule has 0 bridgehead atoms. The third-order valence-electron chi connectivity index (χ3n) is 1.65. The van der Waals surface area contributed by atoms with E-state index in [0.29, 0.717) is 18.3 Å². The minimum absolute atomic E-state index is 0.598. The minimum atomic E-state index is 0.598. The molecule has 0 saturated carbocycles. The first kappa shape index (κ1) is 8.68. The maximum atomic E-state index is 5.27. The van der Waals surface area contributed by atoms with E-state index in [2.05, 4.69) is 15.1 Å².